The number of hydrogen-bond donors (Lipinski definition) is 0. The second-order valence-corrected chi connectivity index (χ2v) is 5.79. The maximum absolute atomic E-state index is 6.01. The topological polar surface area (TPSA) is 18.5 Å². The van der Waals surface area contributed by atoms with E-state index in [1.807, 2.05) is 7.11 Å². The van der Waals surface area contributed by atoms with Gasteiger partial charge in [0.2, 0.25) is 0 Å². The third-order valence-electron chi connectivity index (χ3n) is 5.15. The number of fused-ring (bicyclic) bond motifs is 1. The molecule has 2 unspecified atom stereocenters. The molecule has 0 aromatic carbocycles. The molecule has 0 spiro atoms. The van der Waals surface area contributed by atoms with E-state index in [1.54, 1.807) is 0 Å². The lowest BCUT2D eigenvalue weighted by Gasteiger charge is -2.53. The van der Waals surface area contributed by atoms with Gasteiger partial charge in [0.25, 0.3) is 0 Å². The van der Waals surface area contributed by atoms with Gasteiger partial charge < -0.3 is 9.47 Å². The zero-order chi connectivity index (χ0) is 11.8. The monoisotopic (exact) mass is 236 g/mol. The van der Waals surface area contributed by atoms with E-state index in [9.17, 15) is 0 Å². The van der Waals surface area contributed by atoms with E-state index in [4.69, 9.17) is 9.47 Å². The first-order chi connectivity index (χ1) is 8.35. The Labute approximate surface area is 104 Å². The van der Waals surface area contributed by atoms with Gasteiger partial charge in [-0.2, -0.15) is 0 Å². The number of methoxy groups -OCH3 is 1. The van der Waals surface area contributed by atoms with Crippen molar-refractivity contribution < 1.29 is 9.47 Å². The van der Waals surface area contributed by atoms with Gasteiger partial charge in [0, 0.05) is 13.7 Å². The third kappa shape index (κ3) is 1.86. The summed E-state index contributed by atoms with van der Waals surface area (Å²) < 4.78 is 11.8. The first-order valence-electron chi connectivity index (χ1n) is 7.18. The van der Waals surface area contributed by atoms with Crippen molar-refractivity contribution in [3.8, 4) is 0 Å². The SMILES string of the molecule is CCO[C@@H]1CC[C@@H](OC)C2C1[C@@H]1C=C[C@H]2CC1. The van der Waals surface area contributed by atoms with Crippen LogP contribution in [0.2, 0.25) is 0 Å². The van der Waals surface area contributed by atoms with Gasteiger partial charge in [-0.1, -0.05) is 12.2 Å². The predicted molar refractivity (Wildman–Crippen MR) is 67.8 cm³/mol. The van der Waals surface area contributed by atoms with Crippen molar-refractivity contribution in [1.29, 1.82) is 0 Å². The highest BCUT2D eigenvalue weighted by atomic mass is 16.5. The maximum atomic E-state index is 6.01. The van der Waals surface area contributed by atoms with Crippen molar-refractivity contribution in [2.45, 2.75) is 44.8 Å². The zero-order valence-corrected chi connectivity index (χ0v) is 11.0. The molecule has 0 aliphatic heterocycles. The summed E-state index contributed by atoms with van der Waals surface area (Å²) in [5.74, 6) is 2.93. The minimum Gasteiger partial charge on any atom is -0.381 e. The molecule has 0 heterocycles. The van der Waals surface area contributed by atoms with Crippen molar-refractivity contribution >= 4 is 0 Å². The van der Waals surface area contributed by atoms with Crippen LogP contribution in [-0.4, -0.2) is 25.9 Å². The summed E-state index contributed by atoms with van der Waals surface area (Å²) in [5.41, 5.74) is 0. The Balaban J connectivity index is 1.86. The summed E-state index contributed by atoms with van der Waals surface area (Å²) in [6, 6.07) is 0. The van der Waals surface area contributed by atoms with Crippen molar-refractivity contribution in [1.82, 2.24) is 0 Å². The fraction of sp³-hybridized carbons (Fsp3) is 0.867. The molecule has 4 aliphatic carbocycles. The average molecular weight is 236 g/mol. The molecule has 2 fully saturated rings. The molecule has 2 bridgehead atoms. The van der Waals surface area contributed by atoms with Gasteiger partial charge in [-0.15, -0.1) is 0 Å². The fourth-order valence-corrected chi connectivity index (χ4v) is 4.52. The minimum absolute atomic E-state index is 0.467. The Morgan fingerprint density at radius 1 is 0.941 bits per heavy atom. The van der Waals surface area contributed by atoms with E-state index < -0.39 is 0 Å². The summed E-state index contributed by atoms with van der Waals surface area (Å²) in [5, 5.41) is 0. The van der Waals surface area contributed by atoms with E-state index in [2.05, 4.69) is 19.1 Å². The smallest absolute Gasteiger partial charge is 0.0613 e. The standard InChI is InChI=1S/C15H24O2/c1-3-17-13-9-8-12(16-2)14-10-4-6-11(7-5-10)15(13)14/h4,6,10-15H,3,5,7-9H2,1-2H3/t10-,11+,12+,13+,14?,15?/m0/s1. The van der Waals surface area contributed by atoms with Crippen LogP contribution in [-0.2, 0) is 9.47 Å². The van der Waals surface area contributed by atoms with E-state index >= 15 is 0 Å². The van der Waals surface area contributed by atoms with Crippen molar-refractivity contribution in [2.75, 3.05) is 13.7 Å². The van der Waals surface area contributed by atoms with Crippen molar-refractivity contribution in [3.05, 3.63) is 12.2 Å². The second kappa shape index (κ2) is 4.74. The fourth-order valence-electron chi connectivity index (χ4n) is 4.52. The van der Waals surface area contributed by atoms with Gasteiger partial charge in [-0.25, -0.2) is 0 Å². The van der Waals surface area contributed by atoms with Crippen LogP contribution < -0.4 is 0 Å². The van der Waals surface area contributed by atoms with Crippen LogP contribution in [0.4, 0.5) is 0 Å². The second-order valence-electron chi connectivity index (χ2n) is 5.79. The molecule has 2 saturated carbocycles. The van der Waals surface area contributed by atoms with Gasteiger partial charge in [0.05, 0.1) is 12.2 Å². The Morgan fingerprint density at radius 2 is 1.53 bits per heavy atom. The van der Waals surface area contributed by atoms with Gasteiger partial charge >= 0.3 is 0 Å². The van der Waals surface area contributed by atoms with Crippen molar-refractivity contribution in [3.63, 3.8) is 0 Å². The van der Waals surface area contributed by atoms with Crippen LogP contribution in [0.3, 0.4) is 0 Å². The molecular formula is C15H24O2. The van der Waals surface area contributed by atoms with Gasteiger partial charge in [0.15, 0.2) is 0 Å². The van der Waals surface area contributed by atoms with Crippen LogP contribution in [0.1, 0.15) is 32.6 Å². The van der Waals surface area contributed by atoms with E-state index in [0.29, 0.717) is 18.1 Å². The Hall–Kier alpha value is -0.340. The summed E-state index contributed by atoms with van der Waals surface area (Å²) in [7, 11) is 1.88. The lowest BCUT2D eigenvalue weighted by Crippen LogP contribution is -2.52. The highest BCUT2D eigenvalue weighted by Gasteiger charge is 2.50. The number of allylic oxidation sites excluding steroid dienone is 2. The molecule has 2 nitrogen and oxygen atoms in total. The van der Waals surface area contributed by atoms with E-state index in [-0.39, 0.29) is 0 Å². The number of rotatable bonds is 3. The maximum Gasteiger partial charge on any atom is 0.0613 e. The Bertz CT molecular complexity index is 299. The largest absolute Gasteiger partial charge is 0.381 e. The van der Waals surface area contributed by atoms with Crippen LogP contribution in [0, 0.1) is 23.7 Å². The minimum atomic E-state index is 0.467. The molecule has 0 aromatic rings. The third-order valence-corrected chi connectivity index (χ3v) is 5.15. The Morgan fingerprint density at radius 3 is 2.06 bits per heavy atom. The molecular weight excluding hydrogens is 212 g/mol. The number of ether oxygens (including phenoxy) is 2. The molecule has 4 aliphatic rings. The Kier molecular flexibility index (Phi) is 3.27. The highest BCUT2D eigenvalue weighted by molar-refractivity contribution is 5.14. The highest BCUT2D eigenvalue weighted by Crippen LogP contribution is 2.52. The zero-order valence-electron chi connectivity index (χ0n) is 11.0. The van der Waals surface area contributed by atoms with E-state index in [1.165, 1.54) is 25.7 Å². The summed E-state index contributed by atoms with van der Waals surface area (Å²) in [6.07, 6.45) is 11.0. The number of hydrogen-bond acceptors (Lipinski definition) is 2. The van der Waals surface area contributed by atoms with Crippen LogP contribution >= 0.6 is 0 Å². The molecule has 17 heavy (non-hydrogen) atoms. The van der Waals surface area contributed by atoms with Crippen LogP contribution in [0.25, 0.3) is 0 Å². The summed E-state index contributed by atoms with van der Waals surface area (Å²) in [4.78, 5) is 0. The van der Waals surface area contributed by atoms with Crippen LogP contribution in [0.5, 0.6) is 0 Å². The molecule has 0 N–H and O–H groups in total. The predicted octanol–water partition coefficient (Wildman–Crippen LogP) is 3.03. The summed E-state index contributed by atoms with van der Waals surface area (Å²) >= 11 is 0. The first kappa shape index (κ1) is 11.7. The van der Waals surface area contributed by atoms with E-state index in [0.717, 1.165) is 24.4 Å². The lowest BCUT2D eigenvalue weighted by molar-refractivity contribution is -0.129. The molecule has 6 atom stereocenters. The molecule has 2 heteroatoms. The summed E-state index contributed by atoms with van der Waals surface area (Å²) in [6.45, 7) is 2.97. The van der Waals surface area contributed by atoms with Crippen LogP contribution in [0.15, 0.2) is 12.2 Å². The molecule has 4 rings (SSSR count). The first-order valence-corrected chi connectivity index (χ1v) is 7.18. The lowest BCUT2D eigenvalue weighted by atomic mass is 9.56. The molecule has 0 radical (unpaired) electrons. The van der Waals surface area contributed by atoms with Crippen molar-refractivity contribution in [2.24, 2.45) is 23.7 Å². The molecule has 0 saturated heterocycles. The van der Waals surface area contributed by atoms with Gasteiger partial charge in [-0.05, 0) is 56.3 Å². The van der Waals surface area contributed by atoms with Gasteiger partial charge in [0.1, 0.15) is 0 Å². The molecule has 0 amide bonds. The van der Waals surface area contributed by atoms with Gasteiger partial charge in [-0.3, -0.25) is 0 Å². The normalized spacial score (nSPS) is 48.1. The molecule has 0 aromatic heterocycles. The quantitative estimate of drug-likeness (QED) is 0.701. The average Bonchev–Trinajstić information content (AvgIpc) is 2.40. The molecule has 96 valence electrons.